The van der Waals surface area contributed by atoms with Crippen molar-refractivity contribution in [3.63, 3.8) is 0 Å². The van der Waals surface area contributed by atoms with Gasteiger partial charge in [0.2, 0.25) is 0 Å². The van der Waals surface area contributed by atoms with Gasteiger partial charge in [0.25, 0.3) is 0 Å². The van der Waals surface area contributed by atoms with E-state index in [1.807, 2.05) is 11.6 Å². The minimum atomic E-state index is 0.413. The third-order valence-electron chi connectivity index (χ3n) is 3.31. The first-order chi connectivity index (χ1) is 7.40. The van der Waals surface area contributed by atoms with Crippen LogP contribution < -0.4 is 11.3 Å². The van der Waals surface area contributed by atoms with Gasteiger partial charge in [0, 0.05) is 24.0 Å². The highest BCUT2D eigenvalue weighted by Gasteiger charge is 2.23. The van der Waals surface area contributed by atoms with Gasteiger partial charge in [-0.05, 0) is 18.8 Å². The molecule has 1 saturated carbocycles. The van der Waals surface area contributed by atoms with Gasteiger partial charge in [0.15, 0.2) is 0 Å². The van der Waals surface area contributed by atoms with Gasteiger partial charge in [-0.15, -0.1) is 11.3 Å². The van der Waals surface area contributed by atoms with Crippen molar-refractivity contribution < 1.29 is 0 Å². The predicted molar refractivity (Wildman–Crippen MR) is 63.5 cm³/mol. The Hall–Kier alpha value is -0.450. The van der Waals surface area contributed by atoms with Crippen LogP contribution in [0.15, 0.2) is 11.6 Å². The van der Waals surface area contributed by atoms with Crippen LogP contribution in [-0.2, 0) is 6.42 Å². The number of nitrogens with one attached hydrogen (secondary N) is 1. The summed E-state index contributed by atoms with van der Waals surface area (Å²) in [4.78, 5) is 4.32. The first kappa shape index (κ1) is 11.0. The number of hydrogen-bond donors (Lipinski definition) is 2. The fourth-order valence-electron chi connectivity index (χ4n) is 2.44. The van der Waals surface area contributed by atoms with E-state index in [9.17, 15) is 0 Å². The Morgan fingerprint density at radius 1 is 1.47 bits per heavy atom. The van der Waals surface area contributed by atoms with Gasteiger partial charge in [0.05, 0.1) is 5.01 Å². The molecule has 1 atom stereocenters. The minimum Gasteiger partial charge on any atom is -0.271 e. The number of nitrogens with zero attached hydrogens (tertiary/aromatic N) is 1. The zero-order valence-electron chi connectivity index (χ0n) is 8.98. The highest BCUT2D eigenvalue weighted by atomic mass is 32.1. The number of rotatable bonds is 4. The molecule has 0 saturated heterocycles. The standard InChI is InChI=1S/C11H19N3S/c12-14-10(8-11-13-6-7-15-11)9-4-2-1-3-5-9/h6-7,9-10,14H,1-5,8,12H2. The second kappa shape index (κ2) is 5.58. The molecule has 2 rings (SSSR count). The van der Waals surface area contributed by atoms with Gasteiger partial charge >= 0.3 is 0 Å². The van der Waals surface area contributed by atoms with Crippen molar-refractivity contribution in [1.29, 1.82) is 0 Å². The van der Waals surface area contributed by atoms with Crippen molar-refractivity contribution in [2.24, 2.45) is 11.8 Å². The third kappa shape index (κ3) is 3.00. The van der Waals surface area contributed by atoms with Crippen LogP contribution >= 0.6 is 11.3 Å². The number of nitrogens with two attached hydrogens (primary N) is 1. The Kier molecular flexibility index (Phi) is 4.11. The third-order valence-corrected chi connectivity index (χ3v) is 4.11. The number of aromatic nitrogens is 1. The Labute approximate surface area is 95.1 Å². The number of hydrogen-bond acceptors (Lipinski definition) is 4. The maximum atomic E-state index is 5.65. The molecule has 1 aliphatic rings. The van der Waals surface area contributed by atoms with Gasteiger partial charge in [0.1, 0.15) is 0 Å². The van der Waals surface area contributed by atoms with Crippen LogP contribution in [0.25, 0.3) is 0 Å². The molecule has 0 amide bonds. The molecule has 1 aliphatic carbocycles. The fraction of sp³-hybridized carbons (Fsp3) is 0.727. The zero-order chi connectivity index (χ0) is 10.5. The van der Waals surface area contributed by atoms with E-state index in [1.54, 1.807) is 11.3 Å². The molecule has 15 heavy (non-hydrogen) atoms. The number of hydrazine groups is 1. The van der Waals surface area contributed by atoms with Gasteiger partial charge < -0.3 is 0 Å². The SMILES string of the molecule is NNC(Cc1nccs1)C1CCCCC1. The lowest BCUT2D eigenvalue weighted by atomic mass is 9.83. The van der Waals surface area contributed by atoms with Crippen molar-refractivity contribution in [2.75, 3.05) is 0 Å². The lowest BCUT2D eigenvalue weighted by Crippen LogP contribution is -2.43. The first-order valence-electron chi connectivity index (χ1n) is 5.74. The molecular formula is C11H19N3S. The molecule has 3 N–H and O–H groups in total. The molecule has 4 heteroatoms. The molecule has 0 bridgehead atoms. The molecule has 1 aromatic rings. The molecule has 84 valence electrons. The van der Waals surface area contributed by atoms with E-state index in [1.165, 1.54) is 37.1 Å². The Morgan fingerprint density at radius 2 is 2.27 bits per heavy atom. The molecule has 1 unspecified atom stereocenters. The zero-order valence-corrected chi connectivity index (χ0v) is 9.80. The van der Waals surface area contributed by atoms with Gasteiger partial charge in [-0.1, -0.05) is 19.3 Å². The Morgan fingerprint density at radius 3 is 2.87 bits per heavy atom. The predicted octanol–water partition coefficient (Wildman–Crippen LogP) is 2.10. The second-order valence-electron chi connectivity index (χ2n) is 4.30. The lowest BCUT2D eigenvalue weighted by Gasteiger charge is -2.29. The van der Waals surface area contributed by atoms with Crippen LogP contribution in [0.3, 0.4) is 0 Å². The molecule has 0 aliphatic heterocycles. The first-order valence-corrected chi connectivity index (χ1v) is 6.62. The summed E-state index contributed by atoms with van der Waals surface area (Å²) in [5, 5.41) is 3.23. The van der Waals surface area contributed by atoms with Crippen LogP contribution in [0, 0.1) is 5.92 Å². The van der Waals surface area contributed by atoms with E-state index in [2.05, 4.69) is 10.4 Å². The van der Waals surface area contributed by atoms with Crippen LogP contribution in [0.4, 0.5) is 0 Å². The second-order valence-corrected chi connectivity index (χ2v) is 5.28. The van der Waals surface area contributed by atoms with E-state index in [4.69, 9.17) is 5.84 Å². The smallest absolute Gasteiger partial charge is 0.0940 e. The topological polar surface area (TPSA) is 50.9 Å². The Balaban J connectivity index is 1.91. The van der Waals surface area contributed by atoms with Crippen LogP contribution in [0.5, 0.6) is 0 Å². The van der Waals surface area contributed by atoms with Crippen LogP contribution in [-0.4, -0.2) is 11.0 Å². The average molecular weight is 225 g/mol. The van der Waals surface area contributed by atoms with Crippen LogP contribution in [0.1, 0.15) is 37.1 Å². The van der Waals surface area contributed by atoms with Crippen molar-refractivity contribution in [2.45, 2.75) is 44.6 Å². The summed E-state index contributed by atoms with van der Waals surface area (Å²) < 4.78 is 0. The average Bonchev–Trinajstić information content (AvgIpc) is 2.80. The van der Waals surface area contributed by atoms with Gasteiger partial charge in [-0.2, -0.15) is 0 Å². The summed E-state index contributed by atoms with van der Waals surface area (Å²) in [6, 6.07) is 0.413. The van der Waals surface area contributed by atoms with Crippen molar-refractivity contribution in [3.8, 4) is 0 Å². The van der Waals surface area contributed by atoms with E-state index < -0.39 is 0 Å². The molecule has 0 aromatic carbocycles. The molecule has 1 heterocycles. The lowest BCUT2D eigenvalue weighted by molar-refractivity contribution is 0.268. The molecule has 0 spiro atoms. The largest absolute Gasteiger partial charge is 0.271 e. The van der Waals surface area contributed by atoms with Crippen molar-refractivity contribution in [1.82, 2.24) is 10.4 Å². The van der Waals surface area contributed by atoms with E-state index in [-0.39, 0.29) is 0 Å². The Bertz CT molecular complexity index is 267. The molecule has 0 radical (unpaired) electrons. The molecule has 1 fully saturated rings. The van der Waals surface area contributed by atoms with E-state index in [0.717, 1.165) is 12.3 Å². The molecule has 3 nitrogen and oxygen atoms in total. The van der Waals surface area contributed by atoms with E-state index in [0.29, 0.717) is 6.04 Å². The summed E-state index contributed by atoms with van der Waals surface area (Å²) in [7, 11) is 0. The van der Waals surface area contributed by atoms with Crippen molar-refractivity contribution >= 4 is 11.3 Å². The number of thiazole rings is 1. The molecule has 1 aromatic heterocycles. The van der Waals surface area contributed by atoms with E-state index >= 15 is 0 Å². The summed E-state index contributed by atoms with van der Waals surface area (Å²) in [5.41, 5.74) is 2.98. The monoisotopic (exact) mass is 225 g/mol. The summed E-state index contributed by atoms with van der Waals surface area (Å²) in [6.45, 7) is 0. The summed E-state index contributed by atoms with van der Waals surface area (Å²) in [6.07, 6.45) is 9.61. The highest BCUT2D eigenvalue weighted by molar-refractivity contribution is 7.09. The van der Waals surface area contributed by atoms with Gasteiger partial charge in [-0.25, -0.2) is 4.98 Å². The quantitative estimate of drug-likeness (QED) is 0.609. The maximum absolute atomic E-state index is 5.65. The minimum absolute atomic E-state index is 0.413. The van der Waals surface area contributed by atoms with Gasteiger partial charge in [-0.3, -0.25) is 11.3 Å². The van der Waals surface area contributed by atoms with Crippen LogP contribution in [0.2, 0.25) is 0 Å². The highest BCUT2D eigenvalue weighted by Crippen LogP contribution is 2.27. The molecular weight excluding hydrogens is 206 g/mol. The fourth-order valence-corrected chi connectivity index (χ4v) is 3.12. The van der Waals surface area contributed by atoms with Crippen molar-refractivity contribution in [3.05, 3.63) is 16.6 Å². The normalized spacial score (nSPS) is 20.3. The summed E-state index contributed by atoms with van der Waals surface area (Å²) >= 11 is 1.72. The summed E-state index contributed by atoms with van der Waals surface area (Å²) in [5.74, 6) is 6.39. The maximum Gasteiger partial charge on any atom is 0.0940 e.